The number of amides is 1. The molecule has 0 spiro atoms. The van der Waals surface area contributed by atoms with Crippen LogP contribution in [0.2, 0.25) is 10.0 Å². The Morgan fingerprint density at radius 1 is 1.12 bits per heavy atom. The lowest BCUT2D eigenvalue weighted by Crippen LogP contribution is -2.24. The molecule has 2 heterocycles. The number of anilines is 2. The van der Waals surface area contributed by atoms with Crippen molar-refractivity contribution in [3.8, 4) is 5.75 Å². The lowest BCUT2D eigenvalue weighted by atomic mass is 10.2. The molecule has 0 N–H and O–H groups in total. The standard InChI is InChI=1S/C18H14Cl2N4O2/c1-11-17(25)24(13-5-3-2-4-6-13)18-22-21-16(23(11)18)10-26-15-8-7-12(19)9-14(15)20/h2-9,11H,10H2,1H3. The van der Waals surface area contributed by atoms with Crippen LogP contribution in [0.3, 0.4) is 0 Å². The van der Waals surface area contributed by atoms with E-state index in [2.05, 4.69) is 10.2 Å². The summed E-state index contributed by atoms with van der Waals surface area (Å²) in [5.41, 5.74) is 0.753. The smallest absolute Gasteiger partial charge is 0.256 e. The summed E-state index contributed by atoms with van der Waals surface area (Å²) in [6.45, 7) is 1.95. The molecule has 1 amide bonds. The van der Waals surface area contributed by atoms with Gasteiger partial charge in [0.15, 0.2) is 5.82 Å². The van der Waals surface area contributed by atoms with E-state index < -0.39 is 6.04 Å². The molecule has 3 aromatic rings. The zero-order valence-electron chi connectivity index (χ0n) is 13.8. The number of fused-ring (bicyclic) bond motifs is 1. The minimum absolute atomic E-state index is 0.0631. The Hall–Kier alpha value is -2.57. The molecule has 1 atom stereocenters. The van der Waals surface area contributed by atoms with Gasteiger partial charge in [0.2, 0.25) is 5.95 Å². The summed E-state index contributed by atoms with van der Waals surface area (Å²) in [6.07, 6.45) is 0. The first-order valence-electron chi connectivity index (χ1n) is 7.97. The highest BCUT2D eigenvalue weighted by Gasteiger charge is 2.39. The zero-order chi connectivity index (χ0) is 18.3. The van der Waals surface area contributed by atoms with Crippen LogP contribution in [-0.2, 0) is 11.4 Å². The molecule has 26 heavy (non-hydrogen) atoms. The molecule has 0 bridgehead atoms. The fourth-order valence-electron chi connectivity index (χ4n) is 2.91. The molecule has 0 aliphatic carbocycles. The fraction of sp³-hybridized carbons (Fsp3) is 0.167. The number of ether oxygens (including phenoxy) is 1. The predicted molar refractivity (Wildman–Crippen MR) is 99.1 cm³/mol. The summed E-state index contributed by atoms with van der Waals surface area (Å²) in [6, 6.07) is 13.9. The normalized spacial score (nSPS) is 16.0. The topological polar surface area (TPSA) is 60.3 Å². The third kappa shape index (κ3) is 2.81. The van der Waals surface area contributed by atoms with Gasteiger partial charge in [0, 0.05) is 5.02 Å². The van der Waals surface area contributed by atoms with Crippen LogP contribution in [0.25, 0.3) is 0 Å². The number of rotatable bonds is 4. The first kappa shape index (κ1) is 16.9. The van der Waals surface area contributed by atoms with Gasteiger partial charge in [0.05, 0.1) is 10.7 Å². The van der Waals surface area contributed by atoms with Crippen molar-refractivity contribution in [3.05, 3.63) is 64.4 Å². The third-order valence-corrected chi connectivity index (χ3v) is 4.71. The van der Waals surface area contributed by atoms with Gasteiger partial charge in [0.25, 0.3) is 5.91 Å². The summed E-state index contributed by atoms with van der Waals surface area (Å²) < 4.78 is 7.52. The minimum atomic E-state index is -0.417. The molecule has 4 rings (SSSR count). The Kier molecular flexibility index (Phi) is 4.30. The highest BCUT2D eigenvalue weighted by molar-refractivity contribution is 6.35. The van der Waals surface area contributed by atoms with Crippen LogP contribution in [0, 0.1) is 0 Å². The van der Waals surface area contributed by atoms with Gasteiger partial charge in [-0.2, -0.15) is 0 Å². The molecule has 132 valence electrons. The van der Waals surface area contributed by atoms with Crippen LogP contribution in [0.15, 0.2) is 48.5 Å². The molecule has 1 aliphatic rings. The predicted octanol–water partition coefficient (Wildman–Crippen LogP) is 4.40. The van der Waals surface area contributed by atoms with Crippen molar-refractivity contribution in [3.63, 3.8) is 0 Å². The van der Waals surface area contributed by atoms with E-state index in [0.717, 1.165) is 5.69 Å². The Bertz CT molecular complexity index is 975. The SMILES string of the molecule is CC1C(=O)N(c2ccccc2)c2nnc(COc3ccc(Cl)cc3Cl)n21. The second-order valence-electron chi connectivity index (χ2n) is 5.83. The molecular formula is C18H14Cl2N4O2. The van der Waals surface area contributed by atoms with E-state index in [0.29, 0.717) is 27.6 Å². The van der Waals surface area contributed by atoms with E-state index in [9.17, 15) is 4.79 Å². The van der Waals surface area contributed by atoms with Crippen molar-refractivity contribution < 1.29 is 9.53 Å². The van der Waals surface area contributed by atoms with Crippen LogP contribution in [0.5, 0.6) is 5.75 Å². The van der Waals surface area contributed by atoms with Gasteiger partial charge in [0.1, 0.15) is 18.4 Å². The average Bonchev–Trinajstić information content (AvgIpc) is 3.15. The molecule has 1 aliphatic heterocycles. The minimum Gasteiger partial charge on any atom is -0.484 e. The molecular weight excluding hydrogens is 375 g/mol. The third-order valence-electron chi connectivity index (χ3n) is 4.18. The lowest BCUT2D eigenvalue weighted by Gasteiger charge is -2.13. The van der Waals surface area contributed by atoms with Crippen molar-refractivity contribution >= 4 is 40.7 Å². The number of carbonyl (C=O) groups excluding carboxylic acids is 1. The summed E-state index contributed by atoms with van der Waals surface area (Å²) in [5.74, 6) is 1.46. The first-order valence-corrected chi connectivity index (χ1v) is 8.72. The number of hydrogen-bond acceptors (Lipinski definition) is 4. The Balaban J connectivity index is 1.62. The number of nitrogens with zero attached hydrogens (tertiary/aromatic N) is 4. The van der Waals surface area contributed by atoms with E-state index in [1.54, 1.807) is 27.7 Å². The fourth-order valence-corrected chi connectivity index (χ4v) is 3.38. The van der Waals surface area contributed by atoms with Gasteiger partial charge in [-0.05, 0) is 37.3 Å². The second-order valence-corrected chi connectivity index (χ2v) is 6.68. The summed E-state index contributed by atoms with van der Waals surface area (Å²) in [5, 5.41) is 9.32. The summed E-state index contributed by atoms with van der Waals surface area (Å²) >= 11 is 12.0. The molecule has 0 saturated heterocycles. The van der Waals surface area contributed by atoms with Gasteiger partial charge < -0.3 is 4.74 Å². The molecule has 0 saturated carbocycles. The molecule has 0 radical (unpaired) electrons. The largest absolute Gasteiger partial charge is 0.484 e. The second kappa shape index (κ2) is 6.63. The van der Waals surface area contributed by atoms with E-state index in [1.807, 2.05) is 37.3 Å². The zero-order valence-corrected chi connectivity index (χ0v) is 15.3. The number of aromatic nitrogens is 3. The Morgan fingerprint density at radius 3 is 2.62 bits per heavy atom. The quantitative estimate of drug-likeness (QED) is 0.664. The Labute approximate surface area is 159 Å². The molecule has 6 nitrogen and oxygen atoms in total. The van der Waals surface area contributed by atoms with E-state index in [4.69, 9.17) is 27.9 Å². The van der Waals surface area contributed by atoms with Crippen molar-refractivity contribution in [1.29, 1.82) is 0 Å². The van der Waals surface area contributed by atoms with Gasteiger partial charge in [-0.15, -0.1) is 10.2 Å². The van der Waals surface area contributed by atoms with Crippen LogP contribution < -0.4 is 9.64 Å². The number of carbonyl (C=O) groups is 1. The number of halogens is 2. The molecule has 2 aromatic carbocycles. The van der Waals surface area contributed by atoms with Gasteiger partial charge >= 0.3 is 0 Å². The number of hydrogen-bond donors (Lipinski definition) is 0. The molecule has 0 fully saturated rings. The lowest BCUT2D eigenvalue weighted by molar-refractivity contribution is -0.119. The maximum atomic E-state index is 12.7. The summed E-state index contributed by atoms with van der Waals surface area (Å²) in [7, 11) is 0. The van der Waals surface area contributed by atoms with E-state index in [-0.39, 0.29) is 12.5 Å². The number of benzene rings is 2. The maximum Gasteiger partial charge on any atom is 0.256 e. The maximum absolute atomic E-state index is 12.7. The molecule has 1 aromatic heterocycles. The van der Waals surface area contributed by atoms with Crippen LogP contribution >= 0.6 is 23.2 Å². The van der Waals surface area contributed by atoms with Crippen LogP contribution in [0.1, 0.15) is 18.8 Å². The van der Waals surface area contributed by atoms with Gasteiger partial charge in [-0.25, -0.2) is 4.90 Å². The van der Waals surface area contributed by atoms with Crippen molar-refractivity contribution in [2.24, 2.45) is 0 Å². The van der Waals surface area contributed by atoms with Crippen LogP contribution in [-0.4, -0.2) is 20.7 Å². The first-order chi connectivity index (χ1) is 12.6. The average molecular weight is 389 g/mol. The molecule has 1 unspecified atom stereocenters. The van der Waals surface area contributed by atoms with E-state index >= 15 is 0 Å². The van der Waals surface area contributed by atoms with Crippen molar-refractivity contribution in [1.82, 2.24) is 14.8 Å². The van der Waals surface area contributed by atoms with Gasteiger partial charge in [-0.1, -0.05) is 41.4 Å². The van der Waals surface area contributed by atoms with Crippen molar-refractivity contribution in [2.45, 2.75) is 19.6 Å². The molecule has 8 heteroatoms. The monoisotopic (exact) mass is 388 g/mol. The van der Waals surface area contributed by atoms with Gasteiger partial charge in [-0.3, -0.25) is 9.36 Å². The van der Waals surface area contributed by atoms with Crippen LogP contribution in [0.4, 0.5) is 11.6 Å². The van der Waals surface area contributed by atoms with Crippen molar-refractivity contribution in [2.75, 3.05) is 4.90 Å². The Morgan fingerprint density at radius 2 is 1.88 bits per heavy atom. The number of para-hydroxylation sites is 1. The highest BCUT2D eigenvalue weighted by Crippen LogP contribution is 2.36. The van der Waals surface area contributed by atoms with E-state index in [1.165, 1.54) is 0 Å². The summed E-state index contributed by atoms with van der Waals surface area (Å²) in [4.78, 5) is 14.3. The highest BCUT2D eigenvalue weighted by atomic mass is 35.5.